The molecule has 3 atom stereocenters. The zero-order valence-electron chi connectivity index (χ0n) is 12.1. The molecule has 0 aromatic heterocycles. The van der Waals surface area contributed by atoms with Gasteiger partial charge in [0.2, 0.25) is 5.91 Å². The van der Waals surface area contributed by atoms with Crippen molar-refractivity contribution in [2.45, 2.75) is 50.8 Å². The highest BCUT2D eigenvalue weighted by atomic mass is 16.5. The van der Waals surface area contributed by atoms with E-state index in [0.29, 0.717) is 25.4 Å². The number of carbonyl (C=O) groups excluding carboxylic acids is 1. The molecule has 0 bridgehead atoms. The third-order valence-corrected chi connectivity index (χ3v) is 4.14. The molecule has 2 rings (SSSR count). The van der Waals surface area contributed by atoms with Gasteiger partial charge in [0.05, 0.1) is 25.4 Å². The van der Waals surface area contributed by atoms with Crippen LogP contribution in [-0.4, -0.2) is 62.4 Å². The van der Waals surface area contributed by atoms with Crippen LogP contribution >= 0.6 is 0 Å². The van der Waals surface area contributed by atoms with Gasteiger partial charge < -0.3 is 19.7 Å². The minimum Gasteiger partial charge on any atom is -0.381 e. The van der Waals surface area contributed by atoms with Gasteiger partial charge >= 0.3 is 0 Å². The Bertz CT molecular complexity index is 292. The van der Waals surface area contributed by atoms with Crippen molar-refractivity contribution >= 4 is 5.91 Å². The Morgan fingerprint density at radius 1 is 1.37 bits per heavy atom. The third kappa shape index (κ3) is 4.16. The number of hydrogen-bond donors (Lipinski definition) is 1. The molecule has 1 saturated carbocycles. The van der Waals surface area contributed by atoms with E-state index in [4.69, 9.17) is 9.47 Å². The van der Waals surface area contributed by atoms with Gasteiger partial charge in [-0.15, -0.1) is 0 Å². The minimum atomic E-state index is -0.112. The van der Waals surface area contributed by atoms with Crippen LogP contribution in [0.1, 0.15) is 32.6 Å². The Labute approximate surface area is 115 Å². The molecule has 1 amide bonds. The molecule has 1 N–H and O–H groups in total. The summed E-state index contributed by atoms with van der Waals surface area (Å²) in [6, 6.07) is 0.289. The topological polar surface area (TPSA) is 50.8 Å². The van der Waals surface area contributed by atoms with Crippen LogP contribution in [0, 0.1) is 0 Å². The summed E-state index contributed by atoms with van der Waals surface area (Å²) < 4.78 is 10.7. The molecule has 5 nitrogen and oxygen atoms in total. The molecular formula is C14H26N2O3. The van der Waals surface area contributed by atoms with Gasteiger partial charge in [-0.3, -0.25) is 4.79 Å². The number of nitrogens with one attached hydrogen (secondary N) is 1. The summed E-state index contributed by atoms with van der Waals surface area (Å²) in [6.45, 7) is 4.72. The second-order valence-electron chi connectivity index (χ2n) is 5.55. The van der Waals surface area contributed by atoms with Gasteiger partial charge in [-0.05, 0) is 32.6 Å². The lowest BCUT2D eigenvalue weighted by Gasteiger charge is -2.34. The molecule has 2 aliphatic rings. The fraction of sp³-hybridized carbons (Fsp3) is 0.929. The Balaban J connectivity index is 1.79. The molecule has 1 heterocycles. The summed E-state index contributed by atoms with van der Waals surface area (Å²) >= 11 is 0. The Morgan fingerprint density at radius 3 is 2.79 bits per heavy atom. The molecule has 19 heavy (non-hydrogen) atoms. The largest absolute Gasteiger partial charge is 0.381 e. The molecule has 5 heteroatoms. The van der Waals surface area contributed by atoms with E-state index in [0.717, 1.165) is 32.4 Å². The molecule has 1 aliphatic heterocycles. The van der Waals surface area contributed by atoms with Crippen LogP contribution in [0.25, 0.3) is 0 Å². The summed E-state index contributed by atoms with van der Waals surface area (Å²) in [5.41, 5.74) is 0. The average molecular weight is 270 g/mol. The SMILES string of the molecule is COC1CCCC(NC(C)C(=O)N2CCOCC2)C1. The Kier molecular flexibility index (Phi) is 5.60. The van der Waals surface area contributed by atoms with Gasteiger partial charge in [0.1, 0.15) is 0 Å². The highest BCUT2D eigenvalue weighted by molar-refractivity contribution is 5.81. The molecular weight excluding hydrogens is 244 g/mol. The number of hydrogen-bond acceptors (Lipinski definition) is 4. The van der Waals surface area contributed by atoms with Crippen LogP contribution in [0.4, 0.5) is 0 Å². The van der Waals surface area contributed by atoms with Crippen molar-refractivity contribution in [3.05, 3.63) is 0 Å². The van der Waals surface area contributed by atoms with Crippen LogP contribution in [0.15, 0.2) is 0 Å². The molecule has 0 aromatic rings. The first-order chi connectivity index (χ1) is 9.20. The molecule has 2 fully saturated rings. The standard InChI is InChI=1S/C14H26N2O3/c1-11(14(17)16-6-8-19-9-7-16)15-12-4-3-5-13(10-12)18-2/h11-13,15H,3-10H2,1-2H3. The normalized spacial score (nSPS) is 30.1. The van der Waals surface area contributed by atoms with E-state index in [1.165, 1.54) is 6.42 Å². The molecule has 1 aliphatic carbocycles. The second-order valence-corrected chi connectivity index (χ2v) is 5.55. The van der Waals surface area contributed by atoms with E-state index in [1.54, 1.807) is 7.11 Å². The summed E-state index contributed by atoms with van der Waals surface area (Å²) in [5, 5.41) is 3.47. The highest BCUT2D eigenvalue weighted by Gasteiger charge is 2.27. The monoisotopic (exact) mass is 270 g/mol. The molecule has 0 aromatic carbocycles. The van der Waals surface area contributed by atoms with E-state index in [1.807, 2.05) is 11.8 Å². The van der Waals surface area contributed by atoms with E-state index in [-0.39, 0.29) is 11.9 Å². The lowest BCUT2D eigenvalue weighted by molar-refractivity contribution is -0.137. The Hall–Kier alpha value is -0.650. The smallest absolute Gasteiger partial charge is 0.239 e. The number of rotatable bonds is 4. The number of methoxy groups -OCH3 is 1. The molecule has 0 radical (unpaired) electrons. The first kappa shape index (κ1) is 14.8. The highest BCUT2D eigenvalue weighted by Crippen LogP contribution is 2.21. The molecule has 1 saturated heterocycles. The van der Waals surface area contributed by atoms with Crippen LogP contribution < -0.4 is 5.32 Å². The van der Waals surface area contributed by atoms with E-state index >= 15 is 0 Å². The van der Waals surface area contributed by atoms with E-state index in [2.05, 4.69) is 5.32 Å². The second kappa shape index (κ2) is 7.22. The predicted octanol–water partition coefficient (Wildman–Crippen LogP) is 0.781. The number of carbonyl (C=O) groups is 1. The number of amides is 1. The van der Waals surface area contributed by atoms with Crippen LogP contribution in [0.2, 0.25) is 0 Å². The van der Waals surface area contributed by atoms with Crippen molar-refractivity contribution in [1.82, 2.24) is 10.2 Å². The average Bonchev–Trinajstić information content (AvgIpc) is 2.47. The first-order valence-corrected chi connectivity index (χ1v) is 7.36. The van der Waals surface area contributed by atoms with Crippen molar-refractivity contribution in [1.29, 1.82) is 0 Å². The zero-order chi connectivity index (χ0) is 13.7. The molecule has 0 spiro atoms. The van der Waals surface area contributed by atoms with Crippen LogP contribution in [0.5, 0.6) is 0 Å². The fourth-order valence-corrected chi connectivity index (χ4v) is 2.99. The predicted molar refractivity (Wildman–Crippen MR) is 73.0 cm³/mol. The van der Waals surface area contributed by atoms with Gasteiger partial charge in [0.25, 0.3) is 0 Å². The molecule has 3 unspecified atom stereocenters. The van der Waals surface area contributed by atoms with Gasteiger partial charge in [0, 0.05) is 26.2 Å². The van der Waals surface area contributed by atoms with Crippen molar-refractivity contribution in [2.75, 3.05) is 33.4 Å². The van der Waals surface area contributed by atoms with Crippen LogP contribution in [-0.2, 0) is 14.3 Å². The van der Waals surface area contributed by atoms with Gasteiger partial charge in [-0.1, -0.05) is 0 Å². The summed E-state index contributed by atoms with van der Waals surface area (Å²) in [6.07, 6.45) is 4.81. The zero-order valence-corrected chi connectivity index (χ0v) is 12.1. The minimum absolute atomic E-state index is 0.112. The van der Waals surface area contributed by atoms with Crippen molar-refractivity contribution < 1.29 is 14.3 Å². The van der Waals surface area contributed by atoms with Crippen molar-refractivity contribution in [3.8, 4) is 0 Å². The summed E-state index contributed by atoms with van der Waals surface area (Å²) in [4.78, 5) is 14.2. The Morgan fingerprint density at radius 2 is 2.11 bits per heavy atom. The maximum Gasteiger partial charge on any atom is 0.239 e. The number of morpholine rings is 1. The van der Waals surface area contributed by atoms with E-state index in [9.17, 15) is 4.79 Å². The number of ether oxygens (including phenoxy) is 2. The summed E-state index contributed by atoms with van der Waals surface area (Å²) in [5.74, 6) is 0.197. The van der Waals surface area contributed by atoms with Crippen molar-refractivity contribution in [2.24, 2.45) is 0 Å². The maximum atomic E-state index is 12.3. The lowest BCUT2D eigenvalue weighted by atomic mass is 9.92. The van der Waals surface area contributed by atoms with Gasteiger partial charge in [-0.2, -0.15) is 0 Å². The van der Waals surface area contributed by atoms with Crippen molar-refractivity contribution in [3.63, 3.8) is 0 Å². The van der Waals surface area contributed by atoms with E-state index < -0.39 is 0 Å². The van der Waals surface area contributed by atoms with Gasteiger partial charge in [-0.25, -0.2) is 0 Å². The number of nitrogens with zero attached hydrogens (tertiary/aromatic N) is 1. The first-order valence-electron chi connectivity index (χ1n) is 7.36. The fourth-order valence-electron chi connectivity index (χ4n) is 2.99. The molecule has 110 valence electrons. The quantitative estimate of drug-likeness (QED) is 0.820. The summed E-state index contributed by atoms with van der Waals surface area (Å²) in [7, 11) is 1.77. The van der Waals surface area contributed by atoms with Crippen LogP contribution in [0.3, 0.4) is 0 Å². The lowest BCUT2D eigenvalue weighted by Crippen LogP contribution is -2.52. The maximum absolute atomic E-state index is 12.3. The van der Waals surface area contributed by atoms with Gasteiger partial charge in [0.15, 0.2) is 0 Å². The third-order valence-electron chi connectivity index (χ3n) is 4.14.